The summed E-state index contributed by atoms with van der Waals surface area (Å²) in [5, 5.41) is 2.62. The van der Waals surface area contributed by atoms with Crippen LogP contribution in [0.1, 0.15) is 40.0 Å². The number of carbonyl (C=O) groups excluding carboxylic acids is 2. The van der Waals surface area contributed by atoms with Crippen LogP contribution in [0.25, 0.3) is 0 Å². The molecule has 1 atom stereocenters. The summed E-state index contributed by atoms with van der Waals surface area (Å²) in [5.74, 6) is -0.793. The van der Waals surface area contributed by atoms with E-state index in [-0.39, 0.29) is 5.75 Å². The van der Waals surface area contributed by atoms with Crippen LogP contribution < -0.4 is 10.1 Å². The molecule has 1 aromatic rings. The van der Waals surface area contributed by atoms with Gasteiger partial charge in [-0.2, -0.15) is 0 Å². The maximum absolute atomic E-state index is 12.6. The maximum atomic E-state index is 12.6. The van der Waals surface area contributed by atoms with Crippen LogP contribution in [0, 0.1) is 0 Å². The third-order valence-electron chi connectivity index (χ3n) is 3.79. The van der Waals surface area contributed by atoms with Gasteiger partial charge in [0.15, 0.2) is 0 Å². The van der Waals surface area contributed by atoms with Crippen LogP contribution in [0.2, 0.25) is 0 Å². The normalized spacial score (nSPS) is 18.0. The Kier molecular flexibility index (Phi) is 6.22. The summed E-state index contributed by atoms with van der Waals surface area (Å²) in [4.78, 5) is 26.3. The van der Waals surface area contributed by atoms with E-state index in [2.05, 4.69) is 10.1 Å². The highest BCUT2D eigenvalue weighted by molar-refractivity contribution is 5.96. The summed E-state index contributed by atoms with van der Waals surface area (Å²) >= 11 is 0. The minimum Gasteiger partial charge on any atom is -0.444 e. The van der Waals surface area contributed by atoms with Gasteiger partial charge >= 0.3 is 12.5 Å². The molecule has 1 unspecified atom stereocenters. The summed E-state index contributed by atoms with van der Waals surface area (Å²) in [5.41, 5.74) is -0.367. The Hall–Kier alpha value is -2.45. The molecule has 27 heavy (non-hydrogen) atoms. The number of amides is 2. The van der Waals surface area contributed by atoms with Crippen LogP contribution in [0.15, 0.2) is 24.3 Å². The third-order valence-corrected chi connectivity index (χ3v) is 3.79. The number of nitrogens with one attached hydrogen (secondary N) is 1. The zero-order valence-corrected chi connectivity index (χ0v) is 15.4. The molecule has 0 aromatic heterocycles. The van der Waals surface area contributed by atoms with E-state index < -0.39 is 30.0 Å². The molecule has 1 aliphatic heterocycles. The smallest absolute Gasteiger partial charge is 0.444 e. The van der Waals surface area contributed by atoms with Gasteiger partial charge in [-0.25, -0.2) is 4.79 Å². The summed E-state index contributed by atoms with van der Waals surface area (Å²) in [7, 11) is 0. The average Bonchev–Trinajstić information content (AvgIpc) is 2.53. The van der Waals surface area contributed by atoms with Crippen molar-refractivity contribution in [2.45, 2.75) is 58.0 Å². The van der Waals surface area contributed by atoms with Crippen molar-refractivity contribution < 1.29 is 32.2 Å². The zero-order chi connectivity index (χ0) is 20.2. The molecule has 2 rings (SSSR count). The number of nitrogens with zero attached hydrogens (tertiary/aromatic N) is 1. The SMILES string of the molecule is CC(C)(C)OC(=O)N1CCCCC1C(=O)Nc1ccc(OC(F)(F)F)cc1. The van der Waals surface area contributed by atoms with E-state index in [1.807, 2.05) is 0 Å². The molecule has 6 nitrogen and oxygen atoms in total. The molecule has 1 aromatic carbocycles. The first-order valence-corrected chi connectivity index (χ1v) is 8.61. The van der Waals surface area contributed by atoms with E-state index in [4.69, 9.17) is 4.74 Å². The number of anilines is 1. The molecule has 9 heteroatoms. The molecule has 0 saturated carbocycles. The van der Waals surface area contributed by atoms with Crippen LogP contribution in [0.4, 0.5) is 23.7 Å². The average molecular weight is 388 g/mol. The summed E-state index contributed by atoms with van der Waals surface area (Å²) < 4.78 is 45.7. The molecule has 1 heterocycles. The summed E-state index contributed by atoms with van der Waals surface area (Å²) in [6.07, 6.45) is -3.29. The topological polar surface area (TPSA) is 67.9 Å². The van der Waals surface area contributed by atoms with Crippen LogP contribution in [0.3, 0.4) is 0 Å². The first-order valence-electron chi connectivity index (χ1n) is 8.61. The van der Waals surface area contributed by atoms with Crippen molar-refractivity contribution in [1.82, 2.24) is 4.90 Å². The number of carbonyl (C=O) groups is 2. The zero-order valence-electron chi connectivity index (χ0n) is 15.4. The Balaban J connectivity index is 2.03. The highest BCUT2D eigenvalue weighted by Gasteiger charge is 2.35. The van der Waals surface area contributed by atoms with Crippen molar-refractivity contribution in [3.63, 3.8) is 0 Å². The molecule has 1 N–H and O–H groups in total. The van der Waals surface area contributed by atoms with E-state index in [0.717, 1.165) is 25.0 Å². The van der Waals surface area contributed by atoms with Crippen molar-refractivity contribution >= 4 is 17.7 Å². The molecule has 1 aliphatic rings. The van der Waals surface area contributed by atoms with Gasteiger partial charge in [0.2, 0.25) is 5.91 Å². The van der Waals surface area contributed by atoms with Gasteiger partial charge in [0.25, 0.3) is 0 Å². The predicted molar refractivity (Wildman–Crippen MR) is 92.3 cm³/mol. The Morgan fingerprint density at radius 3 is 2.30 bits per heavy atom. The lowest BCUT2D eigenvalue weighted by atomic mass is 10.0. The fourth-order valence-electron chi connectivity index (χ4n) is 2.71. The summed E-state index contributed by atoms with van der Waals surface area (Å²) in [6.45, 7) is 5.64. The Morgan fingerprint density at radius 1 is 1.11 bits per heavy atom. The van der Waals surface area contributed by atoms with Gasteiger partial charge in [-0.3, -0.25) is 9.69 Å². The van der Waals surface area contributed by atoms with Crippen LogP contribution in [0.5, 0.6) is 5.75 Å². The van der Waals surface area contributed by atoms with Crippen molar-refractivity contribution in [1.29, 1.82) is 0 Å². The quantitative estimate of drug-likeness (QED) is 0.838. The second-order valence-electron chi connectivity index (χ2n) is 7.25. The van der Waals surface area contributed by atoms with E-state index in [9.17, 15) is 22.8 Å². The third kappa shape index (κ3) is 6.65. The number of likely N-dealkylation sites (tertiary alicyclic amines) is 1. The first-order chi connectivity index (χ1) is 12.4. The van der Waals surface area contributed by atoms with Crippen LogP contribution in [-0.2, 0) is 9.53 Å². The lowest BCUT2D eigenvalue weighted by molar-refractivity contribution is -0.274. The highest BCUT2D eigenvalue weighted by Crippen LogP contribution is 2.25. The molecular formula is C18H23F3N2O4. The molecule has 0 bridgehead atoms. The molecule has 1 saturated heterocycles. The molecule has 2 amide bonds. The maximum Gasteiger partial charge on any atom is 0.573 e. The number of ether oxygens (including phenoxy) is 2. The monoisotopic (exact) mass is 388 g/mol. The van der Waals surface area contributed by atoms with E-state index >= 15 is 0 Å². The van der Waals surface area contributed by atoms with Crippen molar-refractivity contribution in [3.05, 3.63) is 24.3 Å². The number of piperidine rings is 1. The Morgan fingerprint density at radius 2 is 1.74 bits per heavy atom. The number of benzene rings is 1. The minimum atomic E-state index is -4.78. The molecule has 1 fully saturated rings. The molecular weight excluding hydrogens is 365 g/mol. The van der Waals surface area contributed by atoms with Crippen molar-refractivity contribution in [3.8, 4) is 5.75 Å². The predicted octanol–water partition coefficient (Wildman–Crippen LogP) is 4.31. The molecule has 0 radical (unpaired) electrons. The van der Waals surface area contributed by atoms with Gasteiger partial charge in [0.05, 0.1) is 0 Å². The Bertz CT molecular complexity index is 669. The number of halogens is 3. The van der Waals surface area contributed by atoms with E-state index in [0.29, 0.717) is 18.7 Å². The van der Waals surface area contributed by atoms with Crippen molar-refractivity contribution in [2.24, 2.45) is 0 Å². The molecule has 150 valence electrons. The first kappa shape index (κ1) is 20.9. The lowest BCUT2D eigenvalue weighted by Crippen LogP contribution is -2.51. The Labute approximate surface area is 155 Å². The van der Waals surface area contributed by atoms with Gasteiger partial charge in [-0.05, 0) is 64.3 Å². The van der Waals surface area contributed by atoms with E-state index in [1.165, 1.54) is 17.0 Å². The largest absolute Gasteiger partial charge is 0.573 e. The minimum absolute atomic E-state index is 0.309. The van der Waals surface area contributed by atoms with Gasteiger partial charge in [0, 0.05) is 12.2 Å². The number of alkyl halides is 3. The number of hydrogen-bond acceptors (Lipinski definition) is 4. The van der Waals surface area contributed by atoms with Crippen LogP contribution in [-0.4, -0.2) is 41.5 Å². The van der Waals surface area contributed by atoms with Gasteiger partial charge in [-0.1, -0.05) is 0 Å². The number of hydrogen-bond donors (Lipinski definition) is 1. The van der Waals surface area contributed by atoms with Crippen molar-refractivity contribution in [2.75, 3.05) is 11.9 Å². The fraction of sp³-hybridized carbons (Fsp3) is 0.556. The second-order valence-corrected chi connectivity index (χ2v) is 7.25. The second kappa shape index (κ2) is 8.06. The van der Waals surface area contributed by atoms with E-state index in [1.54, 1.807) is 20.8 Å². The standard InChI is InChI=1S/C18H23F3N2O4/c1-17(2,3)27-16(25)23-11-5-4-6-14(23)15(24)22-12-7-9-13(10-8-12)26-18(19,20)21/h7-10,14H,4-6,11H2,1-3H3,(H,22,24). The van der Waals surface area contributed by atoms with Crippen LogP contribution >= 0.6 is 0 Å². The van der Waals surface area contributed by atoms with Gasteiger partial charge < -0.3 is 14.8 Å². The van der Waals surface area contributed by atoms with Gasteiger partial charge in [-0.15, -0.1) is 13.2 Å². The lowest BCUT2D eigenvalue weighted by Gasteiger charge is -2.35. The fourth-order valence-corrected chi connectivity index (χ4v) is 2.71. The molecule has 0 spiro atoms. The van der Waals surface area contributed by atoms with Gasteiger partial charge in [0.1, 0.15) is 17.4 Å². The summed E-state index contributed by atoms with van der Waals surface area (Å²) in [6, 6.07) is 4.13. The number of rotatable bonds is 3. The highest BCUT2D eigenvalue weighted by atomic mass is 19.4. The molecule has 0 aliphatic carbocycles.